The maximum atomic E-state index is 11.9. The van der Waals surface area contributed by atoms with Gasteiger partial charge in [-0.05, 0) is 36.1 Å². The van der Waals surface area contributed by atoms with Crippen LogP contribution in [0.3, 0.4) is 0 Å². The number of nitrogens with one attached hydrogen (secondary N) is 3. The second-order valence-electron chi connectivity index (χ2n) is 6.74. The van der Waals surface area contributed by atoms with Crippen molar-refractivity contribution in [3.05, 3.63) is 29.8 Å². The van der Waals surface area contributed by atoms with Gasteiger partial charge in [0.2, 0.25) is 5.91 Å². The largest absolute Gasteiger partial charge is 0.484 e. The summed E-state index contributed by atoms with van der Waals surface area (Å²) in [6, 6.07) is 6.63. The fourth-order valence-corrected chi connectivity index (χ4v) is 2.32. The Morgan fingerprint density at radius 1 is 1.26 bits per heavy atom. The standard InChI is InChI=1S/C16H24N4O3/c1-16(2,3)12-8-13(20-19-12)18-14(21)9-23-11-6-4-10(5-7-11)15(17)22/h4-7,12-13,19-20H,8-9H2,1-3H3,(H2,17,22)(H,18,21). The first-order valence-electron chi connectivity index (χ1n) is 7.59. The molecule has 2 unspecified atom stereocenters. The number of primary amides is 1. The highest BCUT2D eigenvalue weighted by atomic mass is 16.5. The number of hydrogen-bond acceptors (Lipinski definition) is 5. The van der Waals surface area contributed by atoms with E-state index in [4.69, 9.17) is 10.5 Å². The zero-order valence-corrected chi connectivity index (χ0v) is 13.7. The monoisotopic (exact) mass is 320 g/mol. The van der Waals surface area contributed by atoms with Crippen molar-refractivity contribution in [2.75, 3.05) is 6.61 Å². The van der Waals surface area contributed by atoms with E-state index in [1.165, 1.54) is 0 Å². The molecule has 0 aromatic heterocycles. The maximum Gasteiger partial charge on any atom is 0.259 e. The number of nitrogens with two attached hydrogens (primary N) is 1. The summed E-state index contributed by atoms with van der Waals surface area (Å²) in [6.07, 6.45) is 0.690. The van der Waals surface area contributed by atoms with E-state index in [-0.39, 0.29) is 30.1 Å². The van der Waals surface area contributed by atoms with Crippen molar-refractivity contribution in [3.63, 3.8) is 0 Å². The number of ether oxygens (including phenoxy) is 1. The summed E-state index contributed by atoms with van der Waals surface area (Å²) in [5.41, 5.74) is 11.9. The molecule has 1 saturated heterocycles. The van der Waals surface area contributed by atoms with Crippen molar-refractivity contribution >= 4 is 11.8 Å². The van der Waals surface area contributed by atoms with Gasteiger partial charge in [0.15, 0.2) is 6.61 Å². The van der Waals surface area contributed by atoms with Gasteiger partial charge >= 0.3 is 0 Å². The van der Waals surface area contributed by atoms with E-state index in [9.17, 15) is 9.59 Å². The van der Waals surface area contributed by atoms with Crippen LogP contribution in [0.15, 0.2) is 24.3 Å². The Morgan fingerprint density at radius 2 is 1.91 bits per heavy atom. The second kappa shape index (κ2) is 6.97. The van der Waals surface area contributed by atoms with Crippen LogP contribution in [0.1, 0.15) is 37.6 Å². The lowest BCUT2D eigenvalue weighted by atomic mass is 9.85. The molecule has 7 heteroatoms. The predicted octanol–water partition coefficient (Wildman–Crippen LogP) is 0.519. The number of hydrazine groups is 1. The fourth-order valence-electron chi connectivity index (χ4n) is 2.32. The molecule has 2 atom stereocenters. The minimum atomic E-state index is -0.498. The van der Waals surface area contributed by atoms with Gasteiger partial charge in [0.1, 0.15) is 5.75 Å². The Labute approximate surface area is 135 Å². The van der Waals surface area contributed by atoms with Gasteiger partial charge in [-0.25, -0.2) is 5.43 Å². The summed E-state index contributed by atoms with van der Waals surface area (Å²) in [6.45, 7) is 6.36. The Kier molecular flexibility index (Phi) is 5.23. The van der Waals surface area contributed by atoms with Crippen LogP contribution in [0, 0.1) is 5.41 Å². The first-order chi connectivity index (χ1) is 10.8. The van der Waals surface area contributed by atoms with E-state index in [1.54, 1.807) is 24.3 Å². The number of hydrogen-bond donors (Lipinski definition) is 4. The van der Waals surface area contributed by atoms with E-state index < -0.39 is 5.91 Å². The van der Waals surface area contributed by atoms with Crippen LogP contribution >= 0.6 is 0 Å². The Bertz CT molecular complexity index is 566. The van der Waals surface area contributed by atoms with Crippen molar-refractivity contribution in [3.8, 4) is 5.75 Å². The van der Waals surface area contributed by atoms with E-state index in [2.05, 4.69) is 36.9 Å². The van der Waals surface area contributed by atoms with E-state index >= 15 is 0 Å². The van der Waals surface area contributed by atoms with Crippen LogP contribution in [-0.2, 0) is 4.79 Å². The summed E-state index contributed by atoms with van der Waals surface area (Å²) in [4.78, 5) is 22.9. The highest BCUT2D eigenvalue weighted by Gasteiger charge is 2.33. The van der Waals surface area contributed by atoms with E-state index in [0.717, 1.165) is 6.42 Å². The molecule has 0 aliphatic carbocycles. The van der Waals surface area contributed by atoms with Crippen LogP contribution < -0.4 is 26.6 Å². The van der Waals surface area contributed by atoms with Crippen molar-refractivity contribution in [2.45, 2.75) is 39.4 Å². The summed E-state index contributed by atoms with van der Waals surface area (Å²) in [5.74, 6) is -0.199. The summed E-state index contributed by atoms with van der Waals surface area (Å²) < 4.78 is 5.39. The third-order valence-corrected chi connectivity index (χ3v) is 3.79. The lowest BCUT2D eigenvalue weighted by Crippen LogP contribution is -2.46. The summed E-state index contributed by atoms with van der Waals surface area (Å²) in [7, 11) is 0. The Balaban J connectivity index is 1.76. The van der Waals surface area contributed by atoms with Gasteiger partial charge in [-0.3, -0.25) is 15.0 Å². The molecule has 0 bridgehead atoms. The van der Waals surface area contributed by atoms with Crippen LogP contribution in [0.5, 0.6) is 5.75 Å². The van der Waals surface area contributed by atoms with Crippen molar-refractivity contribution in [2.24, 2.45) is 11.1 Å². The van der Waals surface area contributed by atoms with Crippen LogP contribution in [0.2, 0.25) is 0 Å². The molecule has 1 heterocycles. The lowest BCUT2D eigenvalue weighted by Gasteiger charge is -2.25. The number of benzene rings is 1. The average molecular weight is 320 g/mol. The van der Waals surface area contributed by atoms with Gasteiger partial charge in [-0.15, -0.1) is 0 Å². The van der Waals surface area contributed by atoms with Crippen LogP contribution in [0.25, 0.3) is 0 Å². The third-order valence-electron chi connectivity index (χ3n) is 3.79. The summed E-state index contributed by atoms with van der Waals surface area (Å²) >= 11 is 0. The Morgan fingerprint density at radius 3 is 2.43 bits per heavy atom. The predicted molar refractivity (Wildman–Crippen MR) is 86.5 cm³/mol. The molecule has 0 radical (unpaired) electrons. The zero-order chi connectivity index (χ0) is 17.0. The molecular weight excluding hydrogens is 296 g/mol. The maximum absolute atomic E-state index is 11.9. The molecule has 2 rings (SSSR count). The topological polar surface area (TPSA) is 105 Å². The molecule has 0 spiro atoms. The fraction of sp³-hybridized carbons (Fsp3) is 0.500. The second-order valence-corrected chi connectivity index (χ2v) is 6.74. The number of carbonyl (C=O) groups excluding carboxylic acids is 2. The highest BCUT2D eigenvalue weighted by molar-refractivity contribution is 5.92. The third kappa shape index (κ3) is 4.94. The van der Waals surface area contributed by atoms with Crippen molar-refractivity contribution < 1.29 is 14.3 Å². The van der Waals surface area contributed by atoms with Gasteiger partial charge < -0.3 is 15.8 Å². The molecule has 7 nitrogen and oxygen atoms in total. The molecule has 1 aliphatic heterocycles. The first kappa shape index (κ1) is 17.2. The molecule has 2 amide bonds. The van der Waals surface area contributed by atoms with Crippen molar-refractivity contribution in [1.29, 1.82) is 0 Å². The molecular formula is C16H24N4O3. The normalized spacial score (nSPS) is 21.0. The number of amides is 2. The molecule has 1 aromatic rings. The minimum Gasteiger partial charge on any atom is -0.484 e. The smallest absolute Gasteiger partial charge is 0.259 e. The molecule has 1 aliphatic rings. The molecule has 23 heavy (non-hydrogen) atoms. The van der Waals surface area contributed by atoms with Crippen LogP contribution in [0.4, 0.5) is 0 Å². The first-order valence-corrected chi connectivity index (χ1v) is 7.59. The SMILES string of the molecule is CC(C)(C)C1CC(NC(=O)COc2ccc(C(N)=O)cc2)NN1. The van der Waals surface area contributed by atoms with Gasteiger partial charge in [-0.2, -0.15) is 0 Å². The van der Waals surface area contributed by atoms with Crippen molar-refractivity contribution in [1.82, 2.24) is 16.2 Å². The molecule has 126 valence electrons. The van der Waals surface area contributed by atoms with E-state index in [1.807, 2.05) is 0 Å². The van der Waals surface area contributed by atoms with Gasteiger partial charge in [0, 0.05) is 11.6 Å². The summed E-state index contributed by atoms with van der Waals surface area (Å²) in [5, 5.41) is 2.87. The highest BCUT2D eigenvalue weighted by Crippen LogP contribution is 2.24. The average Bonchev–Trinajstić information content (AvgIpc) is 2.94. The quantitative estimate of drug-likeness (QED) is 0.633. The molecule has 1 fully saturated rings. The van der Waals surface area contributed by atoms with Crippen LogP contribution in [-0.4, -0.2) is 30.6 Å². The minimum absolute atomic E-state index is 0.0890. The Hall–Kier alpha value is -2.12. The van der Waals surface area contributed by atoms with Gasteiger partial charge in [0.25, 0.3) is 5.91 Å². The molecule has 0 saturated carbocycles. The van der Waals surface area contributed by atoms with Gasteiger partial charge in [-0.1, -0.05) is 20.8 Å². The van der Waals surface area contributed by atoms with E-state index in [0.29, 0.717) is 11.3 Å². The van der Waals surface area contributed by atoms with Gasteiger partial charge in [0.05, 0.1) is 6.17 Å². The molecule has 1 aromatic carbocycles. The molecule has 5 N–H and O–H groups in total. The number of carbonyl (C=O) groups is 2. The lowest BCUT2D eigenvalue weighted by molar-refractivity contribution is -0.123. The zero-order valence-electron chi connectivity index (χ0n) is 13.7. The number of rotatable bonds is 5.